The Balaban J connectivity index is 3.02. The maximum atomic E-state index is 12.6. The molecule has 0 saturated heterocycles. The van der Waals surface area contributed by atoms with E-state index < -0.39 is 18.1 Å². The number of rotatable bonds is 6. The van der Waals surface area contributed by atoms with Gasteiger partial charge in [0.15, 0.2) is 0 Å². The second-order valence-electron chi connectivity index (χ2n) is 6.99. The van der Waals surface area contributed by atoms with Crippen LogP contribution in [0.25, 0.3) is 0 Å². The van der Waals surface area contributed by atoms with Crippen LogP contribution in [0.4, 0.5) is 0 Å². The molecule has 128 valence electrons. The lowest BCUT2D eigenvalue weighted by Gasteiger charge is -2.30. The SMILES string of the molecule is COC(=O)[C@@H](N[C@@H](C(=O)NC(C)(C)C)C(C)C)c1ccccc1. The molecule has 23 heavy (non-hydrogen) atoms. The number of ether oxygens (including phenoxy) is 1. The first kappa shape index (κ1) is 19.2. The van der Waals surface area contributed by atoms with Crippen LogP contribution in [0.2, 0.25) is 0 Å². The van der Waals surface area contributed by atoms with Crippen molar-refractivity contribution in [3.8, 4) is 0 Å². The summed E-state index contributed by atoms with van der Waals surface area (Å²) < 4.78 is 4.89. The Morgan fingerprint density at radius 2 is 1.65 bits per heavy atom. The standard InChI is InChI=1S/C18H28N2O3/c1-12(2)14(16(21)20-18(3,4)5)19-15(17(22)23-6)13-10-8-7-9-11-13/h7-12,14-15,19H,1-6H3,(H,20,21)/t14-,15+/m1/s1. The van der Waals surface area contributed by atoms with Gasteiger partial charge in [-0.1, -0.05) is 44.2 Å². The van der Waals surface area contributed by atoms with Crippen LogP contribution in [0.15, 0.2) is 30.3 Å². The van der Waals surface area contributed by atoms with Crippen molar-refractivity contribution in [1.29, 1.82) is 0 Å². The highest BCUT2D eigenvalue weighted by molar-refractivity contribution is 5.84. The van der Waals surface area contributed by atoms with Gasteiger partial charge in [0.1, 0.15) is 6.04 Å². The highest BCUT2D eigenvalue weighted by Gasteiger charge is 2.31. The van der Waals surface area contributed by atoms with Gasteiger partial charge in [0.25, 0.3) is 0 Å². The number of esters is 1. The Bertz CT molecular complexity index is 521. The molecule has 0 aliphatic carbocycles. The topological polar surface area (TPSA) is 67.4 Å². The smallest absolute Gasteiger partial charge is 0.327 e. The Kier molecular flexibility index (Phi) is 6.76. The second-order valence-corrected chi connectivity index (χ2v) is 6.99. The van der Waals surface area contributed by atoms with Crippen molar-refractivity contribution in [2.24, 2.45) is 5.92 Å². The van der Waals surface area contributed by atoms with Crippen LogP contribution in [0, 0.1) is 5.92 Å². The Morgan fingerprint density at radius 1 is 1.09 bits per heavy atom. The van der Waals surface area contributed by atoms with Crippen molar-refractivity contribution in [2.45, 2.75) is 52.2 Å². The second kappa shape index (κ2) is 8.11. The number of methoxy groups -OCH3 is 1. The van der Waals surface area contributed by atoms with Crippen LogP contribution in [-0.2, 0) is 14.3 Å². The van der Waals surface area contributed by atoms with Gasteiger partial charge in [0.05, 0.1) is 13.2 Å². The number of hydrogen-bond acceptors (Lipinski definition) is 4. The van der Waals surface area contributed by atoms with Gasteiger partial charge >= 0.3 is 5.97 Å². The highest BCUT2D eigenvalue weighted by Crippen LogP contribution is 2.17. The van der Waals surface area contributed by atoms with E-state index in [1.165, 1.54) is 7.11 Å². The van der Waals surface area contributed by atoms with E-state index >= 15 is 0 Å². The average molecular weight is 320 g/mol. The fraction of sp³-hybridized carbons (Fsp3) is 0.556. The zero-order chi connectivity index (χ0) is 17.6. The number of carbonyl (C=O) groups is 2. The predicted octanol–water partition coefficient (Wildman–Crippen LogP) is 2.43. The zero-order valence-electron chi connectivity index (χ0n) is 14.8. The number of nitrogens with one attached hydrogen (secondary N) is 2. The third-order valence-corrected chi connectivity index (χ3v) is 3.36. The predicted molar refractivity (Wildman–Crippen MR) is 90.9 cm³/mol. The first-order valence-corrected chi connectivity index (χ1v) is 7.86. The molecule has 0 spiro atoms. The molecule has 0 bridgehead atoms. The molecule has 2 atom stereocenters. The summed E-state index contributed by atoms with van der Waals surface area (Å²) in [5.74, 6) is -0.518. The van der Waals surface area contributed by atoms with E-state index in [0.29, 0.717) is 0 Å². The molecule has 0 aromatic heterocycles. The van der Waals surface area contributed by atoms with Gasteiger partial charge in [-0.15, -0.1) is 0 Å². The number of hydrogen-bond donors (Lipinski definition) is 2. The summed E-state index contributed by atoms with van der Waals surface area (Å²) in [6.45, 7) is 9.67. The Hall–Kier alpha value is -1.88. The molecule has 0 unspecified atom stereocenters. The zero-order valence-corrected chi connectivity index (χ0v) is 14.8. The molecule has 2 N–H and O–H groups in total. The highest BCUT2D eigenvalue weighted by atomic mass is 16.5. The third kappa shape index (κ3) is 6.02. The molecule has 0 heterocycles. The van der Waals surface area contributed by atoms with Crippen LogP contribution >= 0.6 is 0 Å². The molecule has 1 aromatic carbocycles. The summed E-state index contributed by atoms with van der Waals surface area (Å²) in [5.41, 5.74) is 0.438. The van der Waals surface area contributed by atoms with Gasteiger partial charge in [-0.2, -0.15) is 0 Å². The maximum Gasteiger partial charge on any atom is 0.327 e. The lowest BCUT2D eigenvalue weighted by Crippen LogP contribution is -2.54. The van der Waals surface area contributed by atoms with Gasteiger partial charge < -0.3 is 10.1 Å². The molecule has 0 saturated carbocycles. The van der Waals surface area contributed by atoms with Gasteiger partial charge in [0.2, 0.25) is 5.91 Å². The molecule has 0 aliphatic heterocycles. The summed E-state index contributed by atoms with van der Waals surface area (Å²) in [4.78, 5) is 24.7. The first-order chi connectivity index (χ1) is 10.7. The molecule has 1 rings (SSSR count). The van der Waals surface area contributed by atoms with Crippen molar-refractivity contribution in [1.82, 2.24) is 10.6 Å². The normalized spacial score (nSPS) is 14.2. The molecule has 0 radical (unpaired) electrons. The van der Waals surface area contributed by atoms with Crippen LogP contribution in [0.3, 0.4) is 0 Å². The summed E-state index contributed by atoms with van der Waals surface area (Å²) in [5, 5.41) is 6.12. The molecule has 0 aliphatic rings. The van der Waals surface area contributed by atoms with E-state index in [9.17, 15) is 9.59 Å². The van der Waals surface area contributed by atoms with Gasteiger partial charge in [-0.3, -0.25) is 10.1 Å². The minimum atomic E-state index is -0.681. The Labute approximate surface area is 138 Å². The summed E-state index contributed by atoms with van der Waals surface area (Å²) in [6.07, 6.45) is 0. The maximum absolute atomic E-state index is 12.6. The van der Waals surface area contributed by atoms with Crippen LogP contribution in [-0.4, -0.2) is 30.6 Å². The third-order valence-electron chi connectivity index (χ3n) is 3.36. The van der Waals surface area contributed by atoms with E-state index in [1.807, 2.05) is 65.0 Å². The Morgan fingerprint density at radius 3 is 2.09 bits per heavy atom. The van der Waals surface area contributed by atoms with Crippen molar-refractivity contribution in [3.63, 3.8) is 0 Å². The van der Waals surface area contributed by atoms with Crippen LogP contribution < -0.4 is 10.6 Å². The minimum Gasteiger partial charge on any atom is -0.468 e. The number of benzene rings is 1. The number of amides is 1. The quantitative estimate of drug-likeness (QED) is 0.790. The summed E-state index contributed by atoms with van der Waals surface area (Å²) in [6, 6.07) is 8.09. The van der Waals surface area contributed by atoms with Crippen molar-refractivity contribution >= 4 is 11.9 Å². The van der Waals surface area contributed by atoms with Crippen LogP contribution in [0.1, 0.15) is 46.2 Å². The van der Waals surface area contributed by atoms with E-state index in [2.05, 4.69) is 10.6 Å². The molecule has 5 nitrogen and oxygen atoms in total. The van der Waals surface area contributed by atoms with Crippen LogP contribution in [0.5, 0.6) is 0 Å². The molecule has 1 amide bonds. The van der Waals surface area contributed by atoms with E-state index in [0.717, 1.165) is 5.56 Å². The van der Waals surface area contributed by atoms with Gasteiger partial charge in [-0.05, 0) is 32.3 Å². The lowest BCUT2D eigenvalue weighted by atomic mass is 9.98. The van der Waals surface area contributed by atoms with Crippen molar-refractivity contribution < 1.29 is 14.3 Å². The minimum absolute atomic E-state index is 0.0215. The van der Waals surface area contributed by atoms with E-state index in [1.54, 1.807) is 0 Å². The average Bonchev–Trinajstić information content (AvgIpc) is 2.46. The van der Waals surface area contributed by atoms with E-state index in [-0.39, 0.29) is 17.4 Å². The van der Waals surface area contributed by atoms with E-state index in [4.69, 9.17) is 4.74 Å². The van der Waals surface area contributed by atoms with Crippen molar-refractivity contribution in [2.75, 3.05) is 7.11 Å². The fourth-order valence-corrected chi connectivity index (χ4v) is 2.26. The van der Waals surface area contributed by atoms with Gasteiger partial charge in [-0.25, -0.2) is 4.79 Å². The molecular formula is C18H28N2O3. The molecule has 0 fully saturated rings. The lowest BCUT2D eigenvalue weighted by molar-refractivity contribution is -0.144. The van der Waals surface area contributed by atoms with Crippen molar-refractivity contribution in [3.05, 3.63) is 35.9 Å². The fourth-order valence-electron chi connectivity index (χ4n) is 2.26. The first-order valence-electron chi connectivity index (χ1n) is 7.86. The largest absolute Gasteiger partial charge is 0.468 e. The molecule has 5 heteroatoms. The van der Waals surface area contributed by atoms with Gasteiger partial charge in [0, 0.05) is 5.54 Å². The summed E-state index contributed by atoms with van der Waals surface area (Å²) >= 11 is 0. The summed E-state index contributed by atoms with van der Waals surface area (Å²) in [7, 11) is 1.35. The number of carbonyl (C=O) groups excluding carboxylic acids is 2. The monoisotopic (exact) mass is 320 g/mol. The molecular weight excluding hydrogens is 292 g/mol. The molecule has 1 aromatic rings.